The van der Waals surface area contributed by atoms with Crippen LogP contribution in [-0.4, -0.2) is 9.97 Å². The maximum atomic E-state index is 4.28. The first-order valence-electron chi connectivity index (χ1n) is 12.8. The quantitative estimate of drug-likeness (QED) is 0.233. The molecule has 0 aliphatic rings. The fourth-order valence-corrected chi connectivity index (χ4v) is 5.49. The lowest BCUT2D eigenvalue weighted by atomic mass is 9.85. The first-order valence-corrected chi connectivity index (χ1v) is 12.8. The van der Waals surface area contributed by atoms with Gasteiger partial charge < -0.3 is 0 Å². The summed E-state index contributed by atoms with van der Waals surface area (Å²) in [6, 6.07) is 43.5. The van der Waals surface area contributed by atoms with Crippen LogP contribution in [0.2, 0.25) is 0 Å². The fourth-order valence-electron chi connectivity index (χ4n) is 5.49. The van der Waals surface area contributed by atoms with E-state index in [0.717, 1.165) is 5.56 Å². The Morgan fingerprint density at radius 3 is 1.16 bits per heavy atom. The number of benzene rings is 5. The van der Waals surface area contributed by atoms with Crippen molar-refractivity contribution in [1.29, 1.82) is 0 Å². The van der Waals surface area contributed by atoms with Crippen LogP contribution in [0.15, 0.2) is 146 Å². The highest BCUT2D eigenvalue weighted by atomic mass is 14.6. The highest BCUT2D eigenvalue weighted by Gasteiger charge is 2.16. The third-order valence-electron chi connectivity index (χ3n) is 7.29. The van der Waals surface area contributed by atoms with Gasteiger partial charge in [0.15, 0.2) is 0 Å². The van der Waals surface area contributed by atoms with Crippen molar-refractivity contribution in [2.45, 2.75) is 0 Å². The molecule has 2 heterocycles. The van der Waals surface area contributed by atoms with Crippen molar-refractivity contribution in [3.8, 4) is 44.5 Å². The monoisotopic (exact) mass is 484 g/mol. The Morgan fingerprint density at radius 2 is 0.711 bits per heavy atom. The van der Waals surface area contributed by atoms with Crippen molar-refractivity contribution in [2.24, 2.45) is 0 Å². The summed E-state index contributed by atoms with van der Waals surface area (Å²) < 4.78 is 0. The third-order valence-corrected chi connectivity index (χ3v) is 7.29. The van der Waals surface area contributed by atoms with Gasteiger partial charge in [-0.15, -0.1) is 0 Å². The molecular formula is C36H24N2. The molecule has 7 aromatic rings. The van der Waals surface area contributed by atoms with E-state index in [9.17, 15) is 0 Å². The van der Waals surface area contributed by atoms with E-state index in [4.69, 9.17) is 0 Å². The predicted octanol–water partition coefficient (Wildman–Crippen LogP) is 9.45. The maximum Gasteiger partial charge on any atom is 0.0346 e. The molecule has 0 saturated heterocycles. The van der Waals surface area contributed by atoms with Gasteiger partial charge in [0.05, 0.1) is 0 Å². The second-order valence-electron chi connectivity index (χ2n) is 9.47. The molecule has 0 atom stereocenters. The molecule has 0 fully saturated rings. The number of pyridine rings is 2. The molecule has 5 aromatic carbocycles. The van der Waals surface area contributed by atoms with Gasteiger partial charge in [-0.05, 0) is 84.3 Å². The largest absolute Gasteiger partial charge is 0.265 e. The third kappa shape index (κ3) is 3.84. The minimum Gasteiger partial charge on any atom is -0.265 e. The van der Waals surface area contributed by atoms with E-state index >= 15 is 0 Å². The van der Waals surface area contributed by atoms with E-state index in [1.807, 2.05) is 43.0 Å². The van der Waals surface area contributed by atoms with Gasteiger partial charge >= 0.3 is 0 Å². The summed E-state index contributed by atoms with van der Waals surface area (Å²) in [4.78, 5) is 8.44. The van der Waals surface area contributed by atoms with E-state index < -0.39 is 0 Å². The highest BCUT2D eigenvalue weighted by molar-refractivity contribution is 6.21. The summed E-state index contributed by atoms with van der Waals surface area (Å²) in [6.07, 6.45) is 7.40. The lowest BCUT2D eigenvalue weighted by molar-refractivity contribution is 1.33. The normalized spacial score (nSPS) is 11.2. The number of nitrogens with zero attached hydrogens (tertiary/aromatic N) is 2. The van der Waals surface area contributed by atoms with E-state index in [1.165, 1.54) is 60.5 Å². The number of fused-ring (bicyclic) bond motifs is 2. The zero-order valence-electron chi connectivity index (χ0n) is 20.8. The van der Waals surface area contributed by atoms with E-state index in [2.05, 4.69) is 113 Å². The molecule has 38 heavy (non-hydrogen) atoms. The minimum atomic E-state index is 1.12. The average molecular weight is 485 g/mol. The molecule has 0 N–H and O–H groups in total. The van der Waals surface area contributed by atoms with Crippen LogP contribution in [0.1, 0.15) is 0 Å². The number of rotatable bonds is 4. The predicted molar refractivity (Wildman–Crippen MR) is 159 cm³/mol. The van der Waals surface area contributed by atoms with Crippen LogP contribution in [0.4, 0.5) is 0 Å². The molecule has 7 rings (SSSR count). The van der Waals surface area contributed by atoms with Crippen molar-refractivity contribution >= 4 is 21.5 Å². The van der Waals surface area contributed by atoms with Crippen molar-refractivity contribution in [3.05, 3.63) is 146 Å². The van der Waals surface area contributed by atoms with Crippen LogP contribution in [0.25, 0.3) is 66.1 Å². The van der Waals surface area contributed by atoms with Crippen molar-refractivity contribution in [3.63, 3.8) is 0 Å². The van der Waals surface area contributed by atoms with E-state index in [1.54, 1.807) is 0 Å². The summed E-state index contributed by atoms with van der Waals surface area (Å²) >= 11 is 0. The Balaban J connectivity index is 1.43. The zero-order valence-corrected chi connectivity index (χ0v) is 20.8. The fraction of sp³-hybridized carbons (Fsp3) is 0. The topological polar surface area (TPSA) is 25.8 Å². The molecule has 0 radical (unpaired) electrons. The minimum absolute atomic E-state index is 1.12. The Labute approximate surface area is 221 Å². The highest BCUT2D eigenvalue weighted by Crippen LogP contribution is 2.44. The molecule has 0 unspecified atom stereocenters. The van der Waals surface area contributed by atoms with Crippen LogP contribution in [-0.2, 0) is 0 Å². The first kappa shape index (κ1) is 22.1. The average Bonchev–Trinajstić information content (AvgIpc) is 3.01. The zero-order chi connectivity index (χ0) is 25.3. The molecule has 0 amide bonds. The lowest BCUT2D eigenvalue weighted by Gasteiger charge is -2.18. The van der Waals surface area contributed by atoms with Gasteiger partial charge in [0, 0.05) is 24.8 Å². The molecule has 178 valence electrons. The molecule has 0 aliphatic heterocycles. The molecule has 0 bridgehead atoms. The number of hydrogen-bond acceptors (Lipinski definition) is 2. The smallest absolute Gasteiger partial charge is 0.0346 e. The molecule has 2 nitrogen and oxygen atoms in total. The Hall–Kier alpha value is -5.08. The standard InChI is InChI=1S/C36H24N2/c1-3-9-33-31(7-1)35(28-15-11-25(12-16-28)27-19-22-37-23-20-27)32-8-2-4-10-34(32)36(33)29-17-13-26(14-18-29)30-6-5-21-38-24-30/h1-24H. The van der Waals surface area contributed by atoms with Gasteiger partial charge in [0.2, 0.25) is 0 Å². The summed E-state index contributed by atoms with van der Waals surface area (Å²) in [5.41, 5.74) is 9.62. The molecule has 0 aliphatic carbocycles. The van der Waals surface area contributed by atoms with Gasteiger partial charge in [0.25, 0.3) is 0 Å². The second kappa shape index (κ2) is 9.42. The number of hydrogen-bond donors (Lipinski definition) is 0. The SMILES string of the molecule is c1cncc(-c2ccc(-c3c4ccccc4c(-c4ccc(-c5ccncc5)cc4)c4ccccc34)cc2)c1. The van der Waals surface area contributed by atoms with Crippen LogP contribution in [0, 0.1) is 0 Å². The van der Waals surface area contributed by atoms with Crippen LogP contribution >= 0.6 is 0 Å². The van der Waals surface area contributed by atoms with Gasteiger partial charge in [-0.1, -0.05) is 103 Å². The van der Waals surface area contributed by atoms with Crippen LogP contribution in [0.3, 0.4) is 0 Å². The summed E-state index contributed by atoms with van der Waals surface area (Å²) in [5.74, 6) is 0. The van der Waals surface area contributed by atoms with Crippen LogP contribution in [0.5, 0.6) is 0 Å². The second-order valence-corrected chi connectivity index (χ2v) is 9.47. The first-order chi connectivity index (χ1) is 18.9. The van der Waals surface area contributed by atoms with Gasteiger partial charge in [-0.2, -0.15) is 0 Å². The summed E-state index contributed by atoms with van der Waals surface area (Å²) in [5, 5.41) is 5.03. The van der Waals surface area contributed by atoms with Crippen molar-refractivity contribution < 1.29 is 0 Å². The molecule has 0 spiro atoms. The van der Waals surface area contributed by atoms with Crippen molar-refractivity contribution in [2.75, 3.05) is 0 Å². The number of aromatic nitrogens is 2. The molecular weight excluding hydrogens is 460 g/mol. The summed E-state index contributed by atoms with van der Waals surface area (Å²) in [7, 11) is 0. The van der Waals surface area contributed by atoms with E-state index in [-0.39, 0.29) is 0 Å². The maximum absolute atomic E-state index is 4.28. The van der Waals surface area contributed by atoms with Gasteiger partial charge in [-0.25, -0.2) is 0 Å². The Morgan fingerprint density at radius 1 is 0.289 bits per heavy atom. The van der Waals surface area contributed by atoms with E-state index in [0.29, 0.717) is 0 Å². The molecule has 0 saturated carbocycles. The molecule has 2 aromatic heterocycles. The van der Waals surface area contributed by atoms with Gasteiger partial charge in [-0.3, -0.25) is 9.97 Å². The lowest BCUT2D eigenvalue weighted by Crippen LogP contribution is -1.91. The Bertz CT molecular complexity index is 1680. The Kier molecular flexibility index (Phi) is 5.49. The van der Waals surface area contributed by atoms with Crippen molar-refractivity contribution in [1.82, 2.24) is 9.97 Å². The molecule has 2 heteroatoms. The van der Waals surface area contributed by atoms with Crippen LogP contribution < -0.4 is 0 Å². The van der Waals surface area contributed by atoms with Gasteiger partial charge in [0.1, 0.15) is 0 Å². The summed E-state index contributed by atoms with van der Waals surface area (Å²) in [6.45, 7) is 0.